The maximum Gasteiger partial charge on any atom is 0.310 e. The molecule has 0 saturated carbocycles. The minimum absolute atomic E-state index is 0.161. The third-order valence-electron chi connectivity index (χ3n) is 4.93. The number of amides is 1. The van der Waals surface area contributed by atoms with Gasteiger partial charge >= 0.3 is 5.97 Å². The molecule has 0 radical (unpaired) electrons. The standard InChI is InChI=1S/C15H26N2O3/c1-3-15(14(19)20)6-8-16(11-15)10-13(18)17-7-4-5-12(2)9-17/h12H,3-11H2,1-2H3,(H,19,20). The largest absolute Gasteiger partial charge is 0.481 e. The minimum Gasteiger partial charge on any atom is -0.481 e. The third kappa shape index (κ3) is 3.14. The van der Waals surface area contributed by atoms with Crippen molar-refractivity contribution < 1.29 is 14.7 Å². The Hall–Kier alpha value is -1.10. The molecule has 0 aliphatic carbocycles. The zero-order valence-electron chi connectivity index (χ0n) is 12.6. The average Bonchev–Trinajstić information content (AvgIpc) is 2.83. The average molecular weight is 282 g/mol. The van der Waals surface area contributed by atoms with Crippen LogP contribution in [0.15, 0.2) is 0 Å². The second-order valence-corrected chi connectivity index (χ2v) is 6.49. The Bertz CT molecular complexity index is 385. The Balaban J connectivity index is 1.88. The Kier molecular flexibility index (Phi) is 4.68. The molecule has 2 atom stereocenters. The predicted molar refractivity (Wildman–Crippen MR) is 76.4 cm³/mol. The van der Waals surface area contributed by atoms with E-state index in [9.17, 15) is 14.7 Å². The summed E-state index contributed by atoms with van der Waals surface area (Å²) in [6.07, 6.45) is 3.57. The minimum atomic E-state index is -0.721. The molecule has 0 aromatic carbocycles. The number of rotatable bonds is 4. The van der Waals surface area contributed by atoms with Crippen LogP contribution in [0.25, 0.3) is 0 Å². The number of carboxylic acids is 1. The van der Waals surface area contributed by atoms with Gasteiger partial charge in [0, 0.05) is 19.6 Å². The van der Waals surface area contributed by atoms with Gasteiger partial charge in [0.05, 0.1) is 12.0 Å². The first kappa shape index (κ1) is 15.3. The smallest absolute Gasteiger partial charge is 0.310 e. The number of hydrogen-bond acceptors (Lipinski definition) is 3. The fourth-order valence-electron chi connectivity index (χ4n) is 3.41. The van der Waals surface area contributed by atoms with Crippen LogP contribution in [-0.4, -0.2) is 59.5 Å². The molecular weight excluding hydrogens is 256 g/mol. The topological polar surface area (TPSA) is 60.9 Å². The van der Waals surface area contributed by atoms with Crippen LogP contribution in [0.5, 0.6) is 0 Å². The molecule has 2 fully saturated rings. The van der Waals surface area contributed by atoms with Gasteiger partial charge in [-0.15, -0.1) is 0 Å². The maximum absolute atomic E-state index is 12.3. The second-order valence-electron chi connectivity index (χ2n) is 6.49. The van der Waals surface area contributed by atoms with Gasteiger partial charge in [-0.1, -0.05) is 13.8 Å². The van der Waals surface area contributed by atoms with Crippen molar-refractivity contribution in [3.8, 4) is 0 Å². The number of piperidine rings is 1. The highest BCUT2D eigenvalue weighted by Crippen LogP contribution is 2.34. The molecule has 0 bridgehead atoms. The van der Waals surface area contributed by atoms with Crippen molar-refractivity contribution >= 4 is 11.9 Å². The van der Waals surface area contributed by atoms with E-state index in [0.29, 0.717) is 31.8 Å². The lowest BCUT2D eigenvalue weighted by atomic mass is 9.84. The van der Waals surface area contributed by atoms with Crippen molar-refractivity contribution in [2.75, 3.05) is 32.7 Å². The van der Waals surface area contributed by atoms with E-state index in [2.05, 4.69) is 6.92 Å². The van der Waals surface area contributed by atoms with E-state index in [1.54, 1.807) is 0 Å². The van der Waals surface area contributed by atoms with E-state index in [-0.39, 0.29) is 5.91 Å². The SMILES string of the molecule is CCC1(C(=O)O)CCN(CC(=O)N2CCCC(C)C2)C1. The van der Waals surface area contributed by atoms with Crippen LogP contribution in [0, 0.1) is 11.3 Å². The van der Waals surface area contributed by atoms with Gasteiger partial charge in [-0.3, -0.25) is 14.5 Å². The lowest BCUT2D eigenvalue weighted by molar-refractivity contribution is -0.148. The molecule has 0 aromatic heterocycles. The Labute approximate surface area is 120 Å². The number of nitrogens with zero attached hydrogens (tertiary/aromatic N) is 2. The van der Waals surface area contributed by atoms with E-state index < -0.39 is 11.4 Å². The van der Waals surface area contributed by atoms with Crippen LogP contribution in [0.4, 0.5) is 0 Å². The van der Waals surface area contributed by atoms with Crippen LogP contribution >= 0.6 is 0 Å². The fourth-order valence-corrected chi connectivity index (χ4v) is 3.41. The number of likely N-dealkylation sites (tertiary alicyclic amines) is 2. The Morgan fingerprint density at radius 1 is 1.35 bits per heavy atom. The molecule has 0 aromatic rings. The molecule has 114 valence electrons. The molecular formula is C15H26N2O3. The molecule has 2 aliphatic heterocycles. The summed E-state index contributed by atoms with van der Waals surface area (Å²) < 4.78 is 0. The maximum atomic E-state index is 12.3. The molecule has 2 rings (SSSR count). The van der Waals surface area contributed by atoms with Crippen molar-refractivity contribution in [3.63, 3.8) is 0 Å². The van der Waals surface area contributed by atoms with Crippen LogP contribution in [0.1, 0.15) is 39.5 Å². The fraction of sp³-hybridized carbons (Fsp3) is 0.867. The van der Waals surface area contributed by atoms with Gasteiger partial charge in [0.25, 0.3) is 0 Å². The lowest BCUT2D eigenvalue weighted by Crippen LogP contribution is -2.45. The summed E-state index contributed by atoms with van der Waals surface area (Å²) in [6, 6.07) is 0. The molecule has 2 unspecified atom stereocenters. The zero-order chi connectivity index (χ0) is 14.8. The molecule has 2 saturated heterocycles. The Morgan fingerprint density at radius 3 is 2.65 bits per heavy atom. The van der Waals surface area contributed by atoms with Gasteiger partial charge in [-0.25, -0.2) is 0 Å². The van der Waals surface area contributed by atoms with Gasteiger partial charge in [0.1, 0.15) is 0 Å². The lowest BCUT2D eigenvalue weighted by Gasteiger charge is -2.32. The molecule has 1 amide bonds. The van der Waals surface area contributed by atoms with Gasteiger partial charge < -0.3 is 10.0 Å². The van der Waals surface area contributed by atoms with E-state index in [1.807, 2.05) is 16.7 Å². The summed E-state index contributed by atoms with van der Waals surface area (Å²) >= 11 is 0. The summed E-state index contributed by atoms with van der Waals surface area (Å²) in [7, 11) is 0. The molecule has 5 nitrogen and oxygen atoms in total. The van der Waals surface area contributed by atoms with Crippen LogP contribution in [0.3, 0.4) is 0 Å². The highest BCUT2D eigenvalue weighted by atomic mass is 16.4. The van der Waals surface area contributed by atoms with E-state index in [4.69, 9.17) is 0 Å². The van der Waals surface area contributed by atoms with E-state index >= 15 is 0 Å². The first-order valence-corrected chi connectivity index (χ1v) is 7.70. The molecule has 20 heavy (non-hydrogen) atoms. The molecule has 2 heterocycles. The van der Waals surface area contributed by atoms with Crippen molar-refractivity contribution in [1.29, 1.82) is 0 Å². The first-order chi connectivity index (χ1) is 9.47. The molecule has 5 heteroatoms. The predicted octanol–water partition coefficient (Wildman–Crippen LogP) is 1.43. The van der Waals surface area contributed by atoms with Crippen LogP contribution in [-0.2, 0) is 9.59 Å². The number of carbonyl (C=O) groups excluding carboxylic acids is 1. The van der Waals surface area contributed by atoms with Gasteiger partial charge in [0.2, 0.25) is 5.91 Å². The monoisotopic (exact) mass is 282 g/mol. The van der Waals surface area contributed by atoms with Crippen molar-refractivity contribution in [2.45, 2.75) is 39.5 Å². The van der Waals surface area contributed by atoms with E-state index in [1.165, 1.54) is 6.42 Å². The second kappa shape index (κ2) is 6.12. The first-order valence-electron chi connectivity index (χ1n) is 7.70. The summed E-state index contributed by atoms with van der Waals surface area (Å²) in [4.78, 5) is 27.7. The number of hydrogen-bond donors (Lipinski definition) is 1. The van der Waals surface area contributed by atoms with E-state index in [0.717, 1.165) is 26.1 Å². The Morgan fingerprint density at radius 2 is 2.10 bits per heavy atom. The van der Waals surface area contributed by atoms with Crippen LogP contribution in [0.2, 0.25) is 0 Å². The summed E-state index contributed by atoms with van der Waals surface area (Å²) in [5, 5.41) is 9.38. The number of aliphatic carboxylic acids is 1. The normalized spacial score (nSPS) is 31.5. The zero-order valence-corrected chi connectivity index (χ0v) is 12.6. The van der Waals surface area contributed by atoms with Crippen LogP contribution < -0.4 is 0 Å². The third-order valence-corrected chi connectivity index (χ3v) is 4.93. The van der Waals surface area contributed by atoms with Crippen molar-refractivity contribution in [2.24, 2.45) is 11.3 Å². The molecule has 2 aliphatic rings. The number of carboxylic acid groups (broad SMARTS) is 1. The highest BCUT2D eigenvalue weighted by molar-refractivity contribution is 5.79. The summed E-state index contributed by atoms with van der Waals surface area (Å²) in [6.45, 7) is 7.41. The number of carbonyl (C=O) groups is 2. The quantitative estimate of drug-likeness (QED) is 0.847. The van der Waals surface area contributed by atoms with Crippen molar-refractivity contribution in [1.82, 2.24) is 9.80 Å². The summed E-state index contributed by atoms with van der Waals surface area (Å²) in [5.41, 5.74) is -0.643. The van der Waals surface area contributed by atoms with Crippen molar-refractivity contribution in [3.05, 3.63) is 0 Å². The van der Waals surface area contributed by atoms with Gasteiger partial charge in [-0.2, -0.15) is 0 Å². The highest BCUT2D eigenvalue weighted by Gasteiger charge is 2.43. The van der Waals surface area contributed by atoms with Gasteiger partial charge in [-0.05, 0) is 38.1 Å². The molecule has 0 spiro atoms. The molecule has 1 N–H and O–H groups in total. The summed E-state index contributed by atoms with van der Waals surface area (Å²) in [5.74, 6) is 0.0235. The van der Waals surface area contributed by atoms with Gasteiger partial charge in [0.15, 0.2) is 0 Å².